The quantitative estimate of drug-likeness (QED) is 0.703. The van der Waals surface area contributed by atoms with Crippen LogP contribution in [-0.2, 0) is 4.74 Å². The molecule has 0 fully saturated rings. The fraction of sp³-hybridized carbons (Fsp3) is 0.222. The molecule has 0 atom stereocenters. The molecule has 2 aliphatic heterocycles. The van der Waals surface area contributed by atoms with Gasteiger partial charge in [-0.2, -0.15) is 0 Å². The maximum atomic E-state index is 9.60. The van der Waals surface area contributed by atoms with E-state index in [1.54, 1.807) is 6.92 Å². The molecule has 3 rings (SSSR count). The van der Waals surface area contributed by atoms with Crippen LogP contribution in [0, 0.1) is 0 Å². The Hall–Kier alpha value is -1.71. The highest BCUT2D eigenvalue weighted by molar-refractivity contribution is 5.73. The summed E-state index contributed by atoms with van der Waals surface area (Å²) in [5.74, 6) is 0. The van der Waals surface area contributed by atoms with E-state index in [0.29, 0.717) is 6.61 Å². The zero-order chi connectivity index (χ0) is 9.68. The van der Waals surface area contributed by atoms with Crippen LogP contribution in [-0.4, -0.2) is 12.7 Å². The van der Waals surface area contributed by atoms with E-state index in [1.807, 2.05) is 18.2 Å². The van der Waals surface area contributed by atoms with Crippen molar-refractivity contribution in [1.29, 1.82) is 0 Å². The predicted molar refractivity (Wildman–Crippen MR) is 50.9 cm³/mol. The summed E-state index contributed by atoms with van der Waals surface area (Å²) in [6.07, 6.45) is -0.711. The summed E-state index contributed by atoms with van der Waals surface area (Å²) in [5.41, 5.74) is 7.01. The Bertz CT molecular complexity index is 275. The van der Waals surface area contributed by atoms with Gasteiger partial charge in [-0.25, -0.2) is 4.79 Å². The minimum Gasteiger partial charge on any atom is -0.450 e. The molecule has 1 aromatic carbocycles. The largest absolute Gasteiger partial charge is 0.450 e. The minimum absolute atomic E-state index is 0.356. The first-order chi connectivity index (χ1) is 6.22. The number of carbonyl (C=O) groups excluding carboxylic acids is 1. The number of carbonyl (C=O) groups is 1. The molecule has 1 aromatic rings. The fourth-order valence-electron chi connectivity index (χ4n) is 0.906. The van der Waals surface area contributed by atoms with Gasteiger partial charge in [0.25, 0.3) is 0 Å². The van der Waals surface area contributed by atoms with Gasteiger partial charge in [0.05, 0.1) is 6.61 Å². The molecule has 0 aliphatic carbocycles. The topological polar surface area (TPSA) is 64.3 Å². The van der Waals surface area contributed by atoms with Crippen LogP contribution in [0.4, 0.5) is 16.2 Å². The molecule has 3 N–H and O–H groups in total. The molecule has 2 aliphatic rings. The van der Waals surface area contributed by atoms with E-state index in [0.717, 1.165) is 0 Å². The van der Waals surface area contributed by atoms with Crippen molar-refractivity contribution in [2.24, 2.45) is 5.73 Å². The molecule has 4 nitrogen and oxygen atoms in total. The van der Waals surface area contributed by atoms with Crippen molar-refractivity contribution in [2.45, 2.75) is 6.92 Å². The zero-order valence-corrected chi connectivity index (χ0v) is 7.41. The number of fused-ring (bicyclic) bond motifs is 2. The first-order valence-corrected chi connectivity index (χ1v) is 4.01. The summed E-state index contributed by atoms with van der Waals surface area (Å²) in [5, 5.41) is 3.11. The second-order valence-corrected chi connectivity index (χ2v) is 2.46. The van der Waals surface area contributed by atoms with Gasteiger partial charge in [0.1, 0.15) is 0 Å². The Labute approximate surface area is 76.7 Å². The van der Waals surface area contributed by atoms with E-state index in [2.05, 4.69) is 21.9 Å². The van der Waals surface area contributed by atoms with Crippen molar-refractivity contribution in [1.82, 2.24) is 0 Å². The van der Waals surface area contributed by atoms with Crippen molar-refractivity contribution in [2.75, 3.05) is 11.9 Å². The summed E-state index contributed by atoms with van der Waals surface area (Å²) in [4.78, 5) is 9.60. The van der Waals surface area contributed by atoms with E-state index in [-0.39, 0.29) is 0 Å². The third-order valence-corrected chi connectivity index (χ3v) is 1.44. The first-order valence-electron chi connectivity index (χ1n) is 4.01. The molecule has 4 heteroatoms. The Morgan fingerprint density at radius 1 is 1.54 bits per heavy atom. The van der Waals surface area contributed by atoms with E-state index in [1.165, 1.54) is 11.4 Å². The Morgan fingerprint density at radius 2 is 2.08 bits per heavy atom. The van der Waals surface area contributed by atoms with Crippen LogP contribution in [0.5, 0.6) is 0 Å². The van der Waals surface area contributed by atoms with Gasteiger partial charge in [-0.1, -0.05) is 6.07 Å². The van der Waals surface area contributed by atoms with Crippen LogP contribution in [0.25, 0.3) is 0 Å². The third-order valence-electron chi connectivity index (χ3n) is 1.44. The molecule has 0 saturated heterocycles. The summed E-state index contributed by atoms with van der Waals surface area (Å²) in [7, 11) is 0. The van der Waals surface area contributed by atoms with Crippen molar-refractivity contribution >= 4 is 17.5 Å². The lowest BCUT2D eigenvalue weighted by molar-refractivity contribution is 0.163. The highest BCUT2D eigenvalue weighted by Gasteiger charge is 2.02. The summed E-state index contributed by atoms with van der Waals surface area (Å²) in [6.45, 7) is 2.06. The maximum Gasteiger partial charge on any atom is 0.404 e. The van der Waals surface area contributed by atoms with Gasteiger partial charge < -0.3 is 15.8 Å². The van der Waals surface area contributed by atoms with Crippen LogP contribution < -0.4 is 11.1 Å². The first kappa shape index (κ1) is 9.38. The van der Waals surface area contributed by atoms with Gasteiger partial charge >= 0.3 is 6.09 Å². The molecular weight excluding hydrogens is 168 g/mol. The molecule has 2 heterocycles. The van der Waals surface area contributed by atoms with Crippen LogP contribution in [0.2, 0.25) is 0 Å². The van der Waals surface area contributed by atoms with Crippen LogP contribution in [0.1, 0.15) is 6.92 Å². The van der Waals surface area contributed by atoms with Gasteiger partial charge in [-0.3, -0.25) is 0 Å². The summed E-state index contributed by atoms with van der Waals surface area (Å²) >= 11 is 0. The van der Waals surface area contributed by atoms with Crippen LogP contribution >= 0.6 is 0 Å². The van der Waals surface area contributed by atoms with E-state index >= 15 is 0 Å². The molecule has 2 bridgehead atoms. The predicted octanol–water partition coefficient (Wildman–Crippen LogP) is 1.85. The molecule has 0 spiro atoms. The Kier molecular flexibility index (Phi) is 3.14. The number of hydrogen-bond donors (Lipinski definition) is 2. The van der Waals surface area contributed by atoms with Crippen molar-refractivity contribution in [3.8, 4) is 0 Å². The van der Waals surface area contributed by atoms with Crippen LogP contribution in [0.3, 0.4) is 0 Å². The SMILES string of the molecule is CCOC(N)=O.c1cc2cc(c1)N2. The minimum atomic E-state index is -0.711. The lowest BCUT2D eigenvalue weighted by Gasteiger charge is -2.15. The number of benzene rings is 1. The normalized spacial score (nSPS) is 9.92. The smallest absolute Gasteiger partial charge is 0.404 e. The number of anilines is 2. The molecule has 0 aromatic heterocycles. The number of nitrogens with two attached hydrogens (primary N) is 1. The molecule has 13 heavy (non-hydrogen) atoms. The maximum absolute atomic E-state index is 9.60. The van der Waals surface area contributed by atoms with Crippen molar-refractivity contribution in [3.63, 3.8) is 0 Å². The van der Waals surface area contributed by atoms with Crippen molar-refractivity contribution in [3.05, 3.63) is 24.3 Å². The molecule has 0 unspecified atom stereocenters. The number of hydrogen-bond acceptors (Lipinski definition) is 3. The second kappa shape index (κ2) is 4.35. The summed E-state index contributed by atoms with van der Waals surface area (Å²) < 4.78 is 4.18. The highest BCUT2D eigenvalue weighted by atomic mass is 16.5. The molecule has 0 radical (unpaired) electrons. The number of ether oxygens (including phenoxy) is 1. The van der Waals surface area contributed by atoms with Gasteiger partial charge in [0.2, 0.25) is 0 Å². The average molecular weight is 180 g/mol. The van der Waals surface area contributed by atoms with Gasteiger partial charge in [-0.05, 0) is 25.1 Å². The zero-order valence-electron chi connectivity index (χ0n) is 7.41. The molecule has 1 amide bonds. The van der Waals surface area contributed by atoms with Crippen LogP contribution in [0.15, 0.2) is 24.3 Å². The molecule has 70 valence electrons. The van der Waals surface area contributed by atoms with E-state index in [9.17, 15) is 4.79 Å². The Balaban J connectivity index is 0.000000133. The van der Waals surface area contributed by atoms with E-state index in [4.69, 9.17) is 0 Å². The van der Waals surface area contributed by atoms with Gasteiger partial charge in [0.15, 0.2) is 0 Å². The third kappa shape index (κ3) is 3.02. The van der Waals surface area contributed by atoms with E-state index < -0.39 is 6.09 Å². The molecule has 0 saturated carbocycles. The van der Waals surface area contributed by atoms with Gasteiger partial charge in [-0.15, -0.1) is 0 Å². The fourth-order valence-corrected chi connectivity index (χ4v) is 0.906. The Morgan fingerprint density at radius 3 is 2.15 bits per heavy atom. The molecular formula is C9H12N2O2. The number of amides is 1. The average Bonchev–Trinajstić information content (AvgIpc) is 2.05. The highest BCUT2D eigenvalue weighted by Crippen LogP contribution is 2.27. The lowest BCUT2D eigenvalue weighted by atomic mass is 10.2. The number of rotatable bonds is 1. The van der Waals surface area contributed by atoms with Gasteiger partial charge in [0, 0.05) is 11.4 Å². The van der Waals surface area contributed by atoms with Crippen molar-refractivity contribution < 1.29 is 9.53 Å². The lowest BCUT2D eigenvalue weighted by Crippen LogP contribution is -2.11. The monoisotopic (exact) mass is 180 g/mol. The standard InChI is InChI=1S/C6H5N.C3H7NO2/c1-2-5-4-6(3-1)7-5;1-2-6-3(4)5/h1-4,7H;2H2,1H3,(H2,4,5). The summed E-state index contributed by atoms with van der Waals surface area (Å²) in [6, 6.07) is 8.25. The number of primary amides is 1. The second-order valence-electron chi connectivity index (χ2n) is 2.46. The number of nitrogens with one attached hydrogen (secondary N) is 1.